The van der Waals surface area contributed by atoms with Gasteiger partial charge in [-0.1, -0.05) is 30.3 Å². The third-order valence-corrected chi connectivity index (χ3v) is 3.86. The lowest BCUT2D eigenvalue weighted by molar-refractivity contribution is -0.124. The third kappa shape index (κ3) is 3.30. The molecule has 0 aliphatic heterocycles. The molecule has 0 saturated heterocycles. The van der Waals surface area contributed by atoms with Gasteiger partial charge in [0.05, 0.1) is 18.5 Å². The van der Waals surface area contributed by atoms with E-state index in [0.717, 1.165) is 0 Å². The number of amides is 1. The van der Waals surface area contributed by atoms with E-state index in [-0.39, 0.29) is 11.7 Å². The molecule has 0 radical (unpaired) electrons. The minimum absolute atomic E-state index is 0.105. The Hall–Kier alpha value is -3.08. The van der Waals surface area contributed by atoms with Crippen LogP contribution in [0.5, 0.6) is 0 Å². The highest BCUT2D eigenvalue weighted by atomic mass is 16.3. The van der Waals surface area contributed by atoms with E-state index in [0.29, 0.717) is 23.6 Å². The smallest absolute Gasteiger partial charge is 0.243 e. The van der Waals surface area contributed by atoms with Crippen molar-refractivity contribution < 1.29 is 14.0 Å². The number of hydrogen-bond donors (Lipinski definition) is 1. The number of rotatable bonds is 6. The van der Waals surface area contributed by atoms with Crippen LogP contribution >= 0.6 is 0 Å². The van der Waals surface area contributed by atoms with Gasteiger partial charge in [0.25, 0.3) is 0 Å². The number of hydrogen-bond acceptors (Lipinski definition) is 3. The minimum atomic E-state index is -0.502. The van der Waals surface area contributed by atoms with Gasteiger partial charge in [0.1, 0.15) is 11.8 Å². The maximum Gasteiger partial charge on any atom is 0.243 e. The molecule has 5 nitrogen and oxygen atoms in total. The van der Waals surface area contributed by atoms with Gasteiger partial charge in [-0.25, -0.2) is 0 Å². The van der Waals surface area contributed by atoms with E-state index in [2.05, 4.69) is 5.32 Å². The number of furan rings is 1. The van der Waals surface area contributed by atoms with Crippen LogP contribution in [0.3, 0.4) is 0 Å². The van der Waals surface area contributed by atoms with Crippen molar-refractivity contribution >= 4 is 11.7 Å². The number of aromatic nitrogens is 1. The first kappa shape index (κ1) is 15.8. The Labute approximate surface area is 139 Å². The normalized spacial score (nSPS) is 11.9. The first-order valence-electron chi connectivity index (χ1n) is 7.73. The fourth-order valence-corrected chi connectivity index (χ4v) is 2.52. The molecule has 1 atom stereocenters. The Morgan fingerprint density at radius 3 is 2.58 bits per heavy atom. The van der Waals surface area contributed by atoms with Crippen LogP contribution in [0.25, 0.3) is 0 Å². The summed E-state index contributed by atoms with van der Waals surface area (Å²) in [5.74, 6) is 0.402. The second kappa shape index (κ2) is 7.00. The third-order valence-electron chi connectivity index (χ3n) is 3.86. The summed E-state index contributed by atoms with van der Waals surface area (Å²) >= 11 is 0. The predicted octanol–water partition coefficient (Wildman–Crippen LogP) is 3.19. The number of carbonyl (C=O) groups excluding carboxylic acids is 2. The van der Waals surface area contributed by atoms with Crippen molar-refractivity contribution in [3.63, 3.8) is 0 Å². The molecule has 0 aliphatic rings. The summed E-state index contributed by atoms with van der Waals surface area (Å²) in [6.07, 6.45) is 3.31. The largest absolute Gasteiger partial charge is 0.467 e. The number of benzene rings is 1. The van der Waals surface area contributed by atoms with Crippen LogP contribution < -0.4 is 5.32 Å². The summed E-state index contributed by atoms with van der Waals surface area (Å²) in [5, 5.41) is 2.81. The lowest BCUT2D eigenvalue weighted by atomic mass is 10.1. The van der Waals surface area contributed by atoms with Gasteiger partial charge < -0.3 is 14.3 Å². The van der Waals surface area contributed by atoms with Crippen LogP contribution in [0.2, 0.25) is 0 Å². The van der Waals surface area contributed by atoms with Crippen LogP contribution in [0, 0.1) is 0 Å². The molecule has 1 aromatic carbocycles. The van der Waals surface area contributed by atoms with Gasteiger partial charge in [-0.3, -0.25) is 9.59 Å². The van der Waals surface area contributed by atoms with Gasteiger partial charge >= 0.3 is 0 Å². The second-order valence-corrected chi connectivity index (χ2v) is 5.47. The molecule has 0 saturated carbocycles. The first-order chi connectivity index (χ1) is 11.7. The molecular formula is C19H18N2O3. The number of ketones is 1. The van der Waals surface area contributed by atoms with Crippen molar-refractivity contribution in [1.29, 1.82) is 0 Å². The summed E-state index contributed by atoms with van der Waals surface area (Å²) in [7, 11) is 0. The van der Waals surface area contributed by atoms with Crippen molar-refractivity contribution in [2.75, 3.05) is 0 Å². The zero-order chi connectivity index (χ0) is 16.9. The fraction of sp³-hybridized carbons (Fsp3) is 0.158. The maximum atomic E-state index is 12.6. The van der Waals surface area contributed by atoms with Gasteiger partial charge in [-0.05, 0) is 31.2 Å². The molecule has 24 heavy (non-hydrogen) atoms. The van der Waals surface area contributed by atoms with E-state index in [1.807, 2.05) is 18.2 Å². The molecule has 0 aliphatic carbocycles. The van der Waals surface area contributed by atoms with E-state index in [1.54, 1.807) is 60.3 Å². The molecule has 2 aromatic heterocycles. The highest BCUT2D eigenvalue weighted by molar-refractivity contribution is 6.08. The molecule has 1 amide bonds. The van der Waals surface area contributed by atoms with Gasteiger partial charge in [0.15, 0.2) is 0 Å². The predicted molar refractivity (Wildman–Crippen MR) is 89.6 cm³/mol. The van der Waals surface area contributed by atoms with Crippen LogP contribution in [0.15, 0.2) is 71.5 Å². The molecule has 1 N–H and O–H groups in total. The number of nitrogens with one attached hydrogen (secondary N) is 1. The Morgan fingerprint density at radius 1 is 1.08 bits per heavy atom. The Bertz CT molecular complexity index is 819. The summed E-state index contributed by atoms with van der Waals surface area (Å²) in [6.45, 7) is 2.08. The van der Waals surface area contributed by atoms with Crippen molar-refractivity contribution in [2.24, 2.45) is 0 Å². The van der Waals surface area contributed by atoms with Crippen molar-refractivity contribution in [3.05, 3.63) is 84.1 Å². The lowest BCUT2D eigenvalue weighted by Gasteiger charge is -2.16. The van der Waals surface area contributed by atoms with Gasteiger partial charge in [-0.2, -0.15) is 0 Å². The van der Waals surface area contributed by atoms with Crippen LogP contribution in [0.4, 0.5) is 0 Å². The number of carbonyl (C=O) groups is 2. The summed E-state index contributed by atoms with van der Waals surface area (Å²) in [6, 6.07) is 15.6. The average molecular weight is 322 g/mol. The van der Waals surface area contributed by atoms with Crippen LogP contribution in [0.1, 0.15) is 34.8 Å². The minimum Gasteiger partial charge on any atom is -0.467 e. The van der Waals surface area contributed by atoms with Crippen molar-refractivity contribution in [2.45, 2.75) is 19.5 Å². The molecule has 1 unspecified atom stereocenters. The zero-order valence-corrected chi connectivity index (χ0v) is 13.3. The molecule has 0 spiro atoms. The zero-order valence-electron chi connectivity index (χ0n) is 13.3. The Kier molecular flexibility index (Phi) is 4.61. The molecule has 2 heterocycles. The quantitative estimate of drug-likeness (QED) is 0.709. The first-order valence-corrected chi connectivity index (χ1v) is 7.73. The summed E-state index contributed by atoms with van der Waals surface area (Å²) in [4.78, 5) is 25.0. The van der Waals surface area contributed by atoms with E-state index in [4.69, 9.17) is 4.42 Å². The Balaban J connectivity index is 1.74. The highest BCUT2D eigenvalue weighted by Gasteiger charge is 2.21. The molecule has 0 bridgehead atoms. The van der Waals surface area contributed by atoms with Gasteiger partial charge in [0.2, 0.25) is 11.7 Å². The molecule has 0 fully saturated rings. The van der Waals surface area contributed by atoms with Crippen LogP contribution in [-0.4, -0.2) is 16.3 Å². The second-order valence-electron chi connectivity index (χ2n) is 5.47. The van der Waals surface area contributed by atoms with Crippen molar-refractivity contribution in [1.82, 2.24) is 9.88 Å². The molecule has 122 valence electrons. The van der Waals surface area contributed by atoms with Gasteiger partial charge in [0, 0.05) is 11.8 Å². The van der Waals surface area contributed by atoms with E-state index < -0.39 is 6.04 Å². The number of nitrogens with zero attached hydrogens (tertiary/aromatic N) is 1. The van der Waals surface area contributed by atoms with Crippen LogP contribution in [-0.2, 0) is 11.3 Å². The van der Waals surface area contributed by atoms with E-state index in [9.17, 15) is 9.59 Å². The maximum absolute atomic E-state index is 12.6. The highest BCUT2D eigenvalue weighted by Crippen LogP contribution is 2.16. The molecule has 3 aromatic rings. The SMILES string of the molecule is CC(C(=O)NCc1ccco1)n1cccc1C(=O)c1ccccc1. The van der Waals surface area contributed by atoms with Crippen molar-refractivity contribution in [3.8, 4) is 0 Å². The molecular weight excluding hydrogens is 304 g/mol. The average Bonchev–Trinajstić information content (AvgIpc) is 3.30. The topological polar surface area (TPSA) is 64.2 Å². The molecule has 3 rings (SSSR count). The van der Waals surface area contributed by atoms with Gasteiger partial charge in [-0.15, -0.1) is 0 Å². The lowest BCUT2D eigenvalue weighted by Crippen LogP contribution is -2.31. The van der Waals surface area contributed by atoms with E-state index in [1.165, 1.54) is 0 Å². The van der Waals surface area contributed by atoms with E-state index >= 15 is 0 Å². The summed E-state index contributed by atoms with van der Waals surface area (Å²) < 4.78 is 6.89. The Morgan fingerprint density at radius 2 is 1.88 bits per heavy atom. The summed E-state index contributed by atoms with van der Waals surface area (Å²) in [5.41, 5.74) is 1.09. The monoisotopic (exact) mass is 322 g/mol. The fourth-order valence-electron chi connectivity index (χ4n) is 2.52. The standard InChI is InChI=1S/C19H18N2O3/c1-14(19(23)20-13-16-9-6-12-24-16)21-11-5-10-17(21)18(22)15-7-3-2-4-8-15/h2-12,14H,13H2,1H3,(H,20,23). The molecule has 5 heteroatoms.